The van der Waals surface area contributed by atoms with Gasteiger partial charge in [-0.25, -0.2) is 0 Å². The minimum atomic E-state index is 0.0631. The number of ether oxygens (including phenoxy) is 3. The molecule has 0 amide bonds. The lowest BCUT2D eigenvalue weighted by Gasteiger charge is -2.29. The van der Waals surface area contributed by atoms with Gasteiger partial charge in [0.25, 0.3) is 0 Å². The Bertz CT molecular complexity index is 366. The van der Waals surface area contributed by atoms with Crippen LogP contribution in [0.3, 0.4) is 0 Å². The Morgan fingerprint density at radius 1 is 1.05 bits per heavy atom. The zero-order valence-corrected chi connectivity index (χ0v) is 12.6. The second-order valence-electron chi connectivity index (χ2n) is 5.34. The van der Waals surface area contributed by atoms with Crippen LogP contribution in [-0.2, 0) is 9.47 Å². The van der Waals surface area contributed by atoms with E-state index in [9.17, 15) is 0 Å². The summed E-state index contributed by atoms with van der Waals surface area (Å²) in [5, 5.41) is 0. The van der Waals surface area contributed by atoms with Gasteiger partial charge in [0, 0.05) is 0 Å². The van der Waals surface area contributed by atoms with Gasteiger partial charge in [0.2, 0.25) is 0 Å². The Morgan fingerprint density at radius 2 is 1.85 bits per heavy atom. The van der Waals surface area contributed by atoms with Gasteiger partial charge in [-0.2, -0.15) is 0 Å². The van der Waals surface area contributed by atoms with Gasteiger partial charge < -0.3 is 14.2 Å². The molecule has 20 heavy (non-hydrogen) atoms. The van der Waals surface area contributed by atoms with Gasteiger partial charge in [-0.1, -0.05) is 38.8 Å². The molecule has 0 saturated carbocycles. The van der Waals surface area contributed by atoms with E-state index in [0.29, 0.717) is 13.2 Å². The van der Waals surface area contributed by atoms with Crippen LogP contribution in [0.15, 0.2) is 24.3 Å². The van der Waals surface area contributed by atoms with Crippen LogP contribution in [0.2, 0.25) is 0 Å². The summed E-state index contributed by atoms with van der Waals surface area (Å²) in [6, 6.07) is 8.17. The molecular formula is C17H26O3. The molecule has 3 heteroatoms. The summed E-state index contributed by atoms with van der Waals surface area (Å²) in [4.78, 5) is 0. The molecule has 1 aliphatic rings. The second kappa shape index (κ2) is 8.28. The van der Waals surface area contributed by atoms with E-state index < -0.39 is 0 Å². The number of hydrogen-bond donors (Lipinski definition) is 0. The van der Waals surface area contributed by atoms with Gasteiger partial charge >= 0.3 is 0 Å². The smallest absolute Gasteiger partial charge is 0.119 e. The number of unbranched alkanes of at least 4 members (excludes halogenated alkanes) is 1. The molecule has 1 aromatic carbocycles. The monoisotopic (exact) mass is 278 g/mol. The van der Waals surface area contributed by atoms with Gasteiger partial charge in [0.05, 0.1) is 25.9 Å². The fourth-order valence-corrected chi connectivity index (χ4v) is 2.33. The lowest BCUT2D eigenvalue weighted by atomic mass is 10.1. The molecule has 1 saturated heterocycles. The maximum Gasteiger partial charge on any atom is 0.119 e. The van der Waals surface area contributed by atoms with E-state index in [2.05, 4.69) is 26.0 Å². The van der Waals surface area contributed by atoms with Crippen molar-refractivity contribution in [1.82, 2.24) is 0 Å². The average Bonchev–Trinajstić information content (AvgIpc) is 2.52. The van der Waals surface area contributed by atoms with Crippen molar-refractivity contribution in [2.24, 2.45) is 0 Å². The predicted molar refractivity (Wildman–Crippen MR) is 80.2 cm³/mol. The van der Waals surface area contributed by atoms with E-state index in [1.54, 1.807) is 0 Å². The number of benzene rings is 1. The van der Waals surface area contributed by atoms with Crippen molar-refractivity contribution in [1.29, 1.82) is 0 Å². The highest BCUT2D eigenvalue weighted by atomic mass is 16.6. The third kappa shape index (κ3) is 4.50. The Kier molecular flexibility index (Phi) is 6.34. The molecule has 2 unspecified atom stereocenters. The first kappa shape index (κ1) is 15.3. The molecule has 3 nitrogen and oxygen atoms in total. The zero-order valence-electron chi connectivity index (χ0n) is 12.6. The molecule has 0 spiro atoms. The quantitative estimate of drug-likeness (QED) is 0.751. The first-order valence-corrected chi connectivity index (χ1v) is 7.79. The van der Waals surface area contributed by atoms with Crippen molar-refractivity contribution in [3.8, 4) is 5.75 Å². The van der Waals surface area contributed by atoms with E-state index >= 15 is 0 Å². The molecule has 0 radical (unpaired) electrons. The third-order valence-corrected chi connectivity index (χ3v) is 3.57. The number of rotatable bonds is 7. The van der Waals surface area contributed by atoms with Crippen LogP contribution in [0.4, 0.5) is 0 Å². The molecule has 112 valence electrons. The summed E-state index contributed by atoms with van der Waals surface area (Å²) in [6.07, 6.45) is 4.89. The highest BCUT2D eigenvalue weighted by Gasteiger charge is 2.23. The van der Waals surface area contributed by atoms with Crippen LogP contribution in [0.1, 0.15) is 51.2 Å². The molecule has 1 aromatic rings. The molecule has 0 bridgehead atoms. The standard InChI is InChI=1S/C17H26O3/c1-3-5-6-16-12-20-17(13-19-16)14-7-9-15(10-8-14)18-11-4-2/h7-10,16-17H,3-6,11-13H2,1-2H3. The van der Waals surface area contributed by atoms with E-state index in [1.807, 2.05) is 12.1 Å². The minimum Gasteiger partial charge on any atom is -0.494 e. The largest absolute Gasteiger partial charge is 0.494 e. The highest BCUT2D eigenvalue weighted by Crippen LogP contribution is 2.26. The maximum atomic E-state index is 5.93. The van der Waals surface area contributed by atoms with Gasteiger partial charge in [0.1, 0.15) is 11.9 Å². The second-order valence-corrected chi connectivity index (χ2v) is 5.34. The molecule has 1 fully saturated rings. The van der Waals surface area contributed by atoms with Gasteiger partial charge in [-0.15, -0.1) is 0 Å². The predicted octanol–water partition coefficient (Wildman–Crippen LogP) is 4.12. The lowest BCUT2D eigenvalue weighted by molar-refractivity contribution is -0.137. The Labute approximate surface area is 122 Å². The van der Waals surface area contributed by atoms with Crippen molar-refractivity contribution in [2.75, 3.05) is 19.8 Å². The van der Waals surface area contributed by atoms with Crippen molar-refractivity contribution in [3.05, 3.63) is 29.8 Å². The fourth-order valence-electron chi connectivity index (χ4n) is 2.33. The van der Waals surface area contributed by atoms with Gasteiger partial charge in [0.15, 0.2) is 0 Å². The average molecular weight is 278 g/mol. The number of hydrogen-bond acceptors (Lipinski definition) is 3. The molecule has 2 rings (SSSR count). The molecular weight excluding hydrogens is 252 g/mol. The van der Waals surface area contributed by atoms with Crippen LogP contribution < -0.4 is 4.74 Å². The van der Waals surface area contributed by atoms with Crippen molar-refractivity contribution >= 4 is 0 Å². The first-order valence-electron chi connectivity index (χ1n) is 7.79. The summed E-state index contributed by atoms with van der Waals surface area (Å²) in [5.41, 5.74) is 1.17. The molecule has 0 aromatic heterocycles. The Morgan fingerprint density at radius 3 is 2.45 bits per heavy atom. The summed E-state index contributed by atoms with van der Waals surface area (Å²) in [6.45, 7) is 6.44. The van der Waals surface area contributed by atoms with Crippen LogP contribution in [-0.4, -0.2) is 25.9 Å². The maximum absolute atomic E-state index is 5.93. The van der Waals surface area contributed by atoms with Gasteiger partial charge in [-0.3, -0.25) is 0 Å². The summed E-state index contributed by atoms with van der Waals surface area (Å²) >= 11 is 0. The first-order chi connectivity index (χ1) is 9.83. The Balaban J connectivity index is 1.81. The normalized spacial score (nSPS) is 22.7. The highest BCUT2D eigenvalue weighted by molar-refractivity contribution is 5.28. The van der Waals surface area contributed by atoms with Crippen LogP contribution in [0, 0.1) is 0 Å². The van der Waals surface area contributed by atoms with E-state index in [1.165, 1.54) is 18.4 Å². The van der Waals surface area contributed by atoms with Crippen molar-refractivity contribution in [2.45, 2.75) is 51.7 Å². The fraction of sp³-hybridized carbons (Fsp3) is 0.647. The molecule has 0 N–H and O–H groups in total. The van der Waals surface area contributed by atoms with E-state index in [0.717, 1.165) is 25.2 Å². The molecule has 0 aliphatic carbocycles. The summed E-state index contributed by atoms with van der Waals surface area (Å²) in [5.74, 6) is 0.924. The van der Waals surface area contributed by atoms with Crippen LogP contribution in [0.25, 0.3) is 0 Å². The van der Waals surface area contributed by atoms with E-state index in [-0.39, 0.29) is 12.2 Å². The lowest BCUT2D eigenvalue weighted by Crippen LogP contribution is -2.31. The molecule has 2 atom stereocenters. The van der Waals surface area contributed by atoms with Gasteiger partial charge in [-0.05, 0) is 30.5 Å². The van der Waals surface area contributed by atoms with E-state index in [4.69, 9.17) is 14.2 Å². The molecule has 1 aliphatic heterocycles. The third-order valence-electron chi connectivity index (χ3n) is 3.57. The van der Waals surface area contributed by atoms with Crippen molar-refractivity contribution in [3.63, 3.8) is 0 Å². The SMILES string of the molecule is CCCCC1COC(c2ccc(OCCC)cc2)CO1. The van der Waals surface area contributed by atoms with Crippen LogP contribution >= 0.6 is 0 Å². The topological polar surface area (TPSA) is 27.7 Å². The van der Waals surface area contributed by atoms with Crippen molar-refractivity contribution < 1.29 is 14.2 Å². The zero-order chi connectivity index (χ0) is 14.2. The summed E-state index contributed by atoms with van der Waals surface area (Å²) < 4.78 is 17.4. The molecule has 1 heterocycles. The minimum absolute atomic E-state index is 0.0631. The summed E-state index contributed by atoms with van der Waals surface area (Å²) in [7, 11) is 0. The Hall–Kier alpha value is -1.06. The van der Waals surface area contributed by atoms with Crippen LogP contribution in [0.5, 0.6) is 5.75 Å².